The van der Waals surface area contributed by atoms with E-state index in [1.54, 1.807) is 0 Å². The number of anilines is 1. The van der Waals surface area contributed by atoms with Crippen molar-refractivity contribution in [2.24, 2.45) is 0 Å². The van der Waals surface area contributed by atoms with Crippen LogP contribution in [0.4, 0.5) is 11.6 Å². The Labute approximate surface area is 112 Å². The number of nitro groups is 1. The second kappa shape index (κ2) is 7.50. The molecule has 0 saturated carbocycles. The van der Waals surface area contributed by atoms with Crippen molar-refractivity contribution in [3.8, 4) is 5.88 Å². The van der Waals surface area contributed by atoms with Gasteiger partial charge in [0.1, 0.15) is 5.69 Å². The summed E-state index contributed by atoms with van der Waals surface area (Å²) in [6.45, 7) is 4.07. The van der Waals surface area contributed by atoms with E-state index in [1.807, 2.05) is 0 Å². The molecule has 1 heterocycles. The molecule has 0 bridgehead atoms. The van der Waals surface area contributed by atoms with Crippen LogP contribution in [0.25, 0.3) is 0 Å². The van der Waals surface area contributed by atoms with Gasteiger partial charge in [-0.05, 0) is 13.3 Å². The molecule has 106 valence electrons. The lowest BCUT2D eigenvalue weighted by Crippen LogP contribution is -2.08. The maximum absolute atomic E-state index is 10.9. The average molecular weight is 268 g/mol. The van der Waals surface area contributed by atoms with E-state index in [-0.39, 0.29) is 23.2 Å². The smallest absolute Gasteiger partial charge is 0.352 e. The van der Waals surface area contributed by atoms with E-state index in [4.69, 9.17) is 10.5 Å². The number of aromatic nitrogens is 2. The summed E-state index contributed by atoms with van der Waals surface area (Å²) >= 11 is 0. The highest BCUT2D eigenvalue weighted by molar-refractivity contribution is 5.47. The van der Waals surface area contributed by atoms with Gasteiger partial charge in [-0.3, -0.25) is 10.1 Å². The lowest BCUT2D eigenvalue weighted by Gasteiger charge is -2.07. The van der Waals surface area contributed by atoms with Crippen molar-refractivity contribution in [3.63, 3.8) is 0 Å². The van der Waals surface area contributed by atoms with Crippen LogP contribution in [0.3, 0.4) is 0 Å². The fourth-order valence-electron chi connectivity index (χ4n) is 1.75. The Bertz CT molecular complexity index is 437. The lowest BCUT2D eigenvalue weighted by atomic mass is 10.2. The summed E-state index contributed by atoms with van der Waals surface area (Å²) in [5.41, 5.74) is 5.49. The van der Waals surface area contributed by atoms with Crippen molar-refractivity contribution >= 4 is 11.6 Å². The molecular formula is C12H20N4O3. The van der Waals surface area contributed by atoms with Gasteiger partial charge in [0.15, 0.2) is 0 Å². The Morgan fingerprint density at radius 3 is 2.58 bits per heavy atom. The molecule has 19 heavy (non-hydrogen) atoms. The minimum absolute atomic E-state index is 0.0101. The van der Waals surface area contributed by atoms with Gasteiger partial charge in [-0.15, -0.1) is 0 Å². The standard InChI is InChI=1S/C12H20N4O3/c1-3-4-5-6-7-8-19-11-10(16(17)18)9(2)14-12(13)15-11/h3-8H2,1-2H3,(H2,13,14,15). The molecule has 2 N–H and O–H groups in total. The van der Waals surface area contributed by atoms with Gasteiger partial charge in [-0.25, -0.2) is 4.98 Å². The summed E-state index contributed by atoms with van der Waals surface area (Å²) < 4.78 is 5.37. The van der Waals surface area contributed by atoms with E-state index in [1.165, 1.54) is 19.8 Å². The molecule has 0 amide bonds. The second-order valence-electron chi connectivity index (χ2n) is 4.34. The van der Waals surface area contributed by atoms with Gasteiger partial charge in [0, 0.05) is 0 Å². The van der Waals surface area contributed by atoms with Crippen molar-refractivity contribution < 1.29 is 9.66 Å². The van der Waals surface area contributed by atoms with Gasteiger partial charge >= 0.3 is 5.69 Å². The molecule has 0 aliphatic rings. The van der Waals surface area contributed by atoms with Crippen LogP contribution in [-0.4, -0.2) is 21.5 Å². The lowest BCUT2D eigenvalue weighted by molar-refractivity contribution is -0.387. The van der Waals surface area contributed by atoms with Crippen LogP contribution >= 0.6 is 0 Å². The number of hydrogen-bond acceptors (Lipinski definition) is 6. The fourth-order valence-corrected chi connectivity index (χ4v) is 1.75. The number of nitrogens with zero attached hydrogens (tertiary/aromatic N) is 3. The molecule has 0 radical (unpaired) electrons. The van der Waals surface area contributed by atoms with Gasteiger partial charge in [0.05, 0.1) is 11.5 Å². The quantitative estimate of drug-likeness (QED) is 0.441. The summed E-state index contributed by atoms with van der Waals surface area (Å²) in [5.74, 6) is -0.0467. The van der Waals surface area contributed by atoms with E-state index in [9.17, 15) is 10.1 Å². The molecule has 0 unspecified atom stereocenters. The molecular weight excluding hydrogens is 248 g/mol. The van der Waals surface area contributed by atoms with E-state index in [0.717, 1.165) is 19.3 Å². The van der Waals surface area contributed by atoms with Gasteiger partial charge in [0.25, 0.3) is 5.88 Å². The summed E-state index contributed by atoms with van der Waals surface area (Å²) in [6.07, 6.45) is 5.40. The number of hydrogen-bond donors (Lipinski definition) is 1. The molecule has 0 atom stereocenters. The Morgan fingerprint density at radius 1 is 1.26 bits per heavy atom. The summed E-state index contributed by atoms with van der Waals surface area (Å²) in [7, 11) is 0. The van der Waals surface area contributed by atoms with Crippen molar-refractivity contribution in [2.45, 2.75) is 46.0 Å². The highest BCUT2D eigenvalue weighted by Gasteiger charge is 2.22. The van der Waals surface area contributed by atoms with Crippen molar-refractivity contribution in [3.05, 3.63) is 15.8 Å². The van der Waals surface area contributed by atoms with Crippen LogP contribution in [0.1, 0.15) is 44.7 Å². The minimum Gasteiger partial charge on any atom is -0.473 e. The predicted molar refractivity (Wildman–Crippen MR) is 72.1 cm³/mol. The maximum atomic E-state index is 10.9. The normalized spacial score (nSPS) is 10.4. The van der Waals surface area contributed by atoms with Gasteiger partial charge in [-0.1, -0.05) is 32.6 Å². The fraction of sp³-hybridized carbons (Fsp3) is 0.667. The topological polar surface area (TPSA) is 104 Å². The number of nitrogens with two attached hydrogens (primary N) is 1. The highest BCUT2D eigenvalue weighted by Crippen LogP contribution is 2.28. The first-order valence-corrected chi connectivity index (χ1v) is 6.47. The molecule has 0 fully saturated rings. The highest BCUT2D eigenvalue weighted by atomic mass is 16.6. The zero-order valence-electron chi connectivity index (χ0n) is 11.4. The molecule has 0 aromatic carbocycles. The molecule has 0 spiro atoms. The van der Waals surface area contributed by atoms with E-state index in [0.29, 0.717) is 6.61 Å². The van der Waals surface area contributed by atoms with Crippen LogP contribution in [0, 0.1) is 17.0 Å². The van der Waals surface area contributed by atoms with Crippen molar-refractivity contribution in [1.82, 2.24) is 9.97 Å². The van der Waals surface area contributed by atoms with Gasteiger partial charge in [-0.2, -0.15) is 4.98 Å². The largest absolute Gasteiger partial charge is 0.473 e. The third-order valence-electron chi connectivity index (χ3n) is 2.71. The molecule has 1 rings (SSSR count). The molecule has 0 saturated heterocycles. The van der Waals surface area contributed by atoms with E-state index >= 15 is 0 Å². The molecule has 0 aliphatic carbocycles. The molecule has 0 aliphatic heterocycles. The first-order valence-electron chi connectivity index (χ1n) is 6.47. The molecule has 1 aromatic heterocycles. The number of nitrogen functional groups attached to an aromatic ring is 1. The van der Waals surface area contributed by atoms with Crippen LogP contribution in [-0.2, 0) is 0 Å². The maximum Gasteiger partial charge on any atom is 0.352 e. The minimum atomic E-state index is -0.540. The van der Waals surface area contributed by atoms with Crippen molar-refractivity contribution in [1.29, 1.82) is 0 Å². The predicted octanol–water partition coefficient (Wildman–Crippen LogP) is 2.62. The first-order chi connectivity index (χ1) is 9.06. The number of ether oxygens (including phenoxy) is 1. The molecule has 1 aromatic rings. The van der Waals surface area contributed by atoms with Gasteiger partial charge < -0.3 is 10.5 Å². The summed E-state index contributed by atoms with van der Waals surface area (Å²) in [5, 5.41) is 10.9. The zero-order chi connectivity index (χ0) is 14.3. The van der Waals surface area contributed by atoms with Gasteiger partial charge in [0.2, 0.25) is 5.95 Å². The summed E-state index contributed by atoms with van der Waals surface area (Å²) in [4.78, 5) is 18.0. The Morgan fingerprint density at radius 2 is 1.95 bits per heavy atom. The Balaban J connectivity index is 2.59. The second-order valence-corrected chi connectivity index (χ2v) is 4.34. The Hall–Kier alpha value is -1.92. The molecule has 7 nitrogen and oxygen atoms in total. The summed E-state index contributed by atoms with van der Waals surface area (Å²) in [6, 6.07) is 0. The first kappa shape index (κ1) is 15.1. The van der Waals surface area contributed by atoms with Crippen LogP contribution in [0.15, 0.2) is 0 Å². The van der Waals surface area contributed by atoms with Crippen molar-refractivity contribution in [2.75, 3.05) is 12.3 Å². The van der Waals surface area contributed by atoms with Crippen LogP contribution in [0.2, 0.25) is 0 Å². The van der Waals surface area contributed by atoms with Crippen LogP contribution in [0.5, 0.6) is 5.88 Å². The third kappa shape index (κ3) is 4.69. The number of aryl methyl sites for hydroxylation is 1. The van der Waals surface area contributed by atoms with E-state index < -0.39 is 4.92 Å². The zero-order valence-corrected chi connectivity index (χ0v) is 11.4. The number of rotatable bonds is 8. The average Bonchev–Trinajstić information content (AvgIpc) is 2.32. The molecule has 7 heteroatoms. The monoisotopic (exact) mass is 268 g/mol. The third-order valence-corrected chi connectivity index (χ3v) is 2.71. The number of unbranched alkanes of at least 4 members (excludes halogenated alkanes) is 4. The Kier molecular flexibility index (Phi) is 5.98. The van der Waals surface area contributed by atoms with Crippen LogP contribution < -0.4 is 10.5 Å². The SMILES string of the molecule is CCCCCCCOc1nc(N)nc(C)c1[N+](=O)[O-]. The van der Waals surface area contributed by atoms with E-state index in [2.05, 4.69) is 16.9 Å².